The molecule has 3 heterocycles. The third-order valence-electron chi connectivity index (χ3n) is 6.30. The molecule has 1 N–H and O–H groups in total. The molecule has 0 bridgehead atoms. The van der Waals surface area contributed by atoms with Crippen molar-refractivity contribution in [3.05, 3.63) is 35.9 Å². The Balaban J connectivity index is 1.27. The number of benzene rings is 1. The summed E-state index contributed by atoms with van der Waals surface area (Å²) in [6.45, 7) is 7.41. The summed E-state index contributed by atoms with van der Waals surface area (Å²) in [6, 6.07) is 9.96. The molecule has 0 aliphatic carbocycles. The van der Waals surface area contributed by atoms with E-state index in [1.165, 1.54) is 0 Å². The van der Waals surface area contributed by atoms with Crippen molar-refractivity contribution in [3.63, 3.8) is 0 Å². The monoisotopic (exact) mass is 370 g/mol. The molecular weight excluding hydrogens is 340 g/mol. The molecule has 0 saturated carbocycles. The zero-order valence-electron chi connectivity index (χ0n) is 16.0. The Kier molecular flexibility index (Phi) is 5.74. The maximum atomic E-state index is 13.0. The van der Waals surface area contributed by atoms with Crippen LogP contribution in [0.4, 0.5) is 0 Å². The van der Waals surface area contributed by atoms with E-state index in [0.717, 1.165) is 64.1 Å². The van der Waals surface area contributed by atoms with Crippen molar-refractivity contribution < 1.29 is 9.59 Å². The minimum absolute atomic E-state index is 0.0756. The fourth-order valence-electron chi connectivity index (χ4n) is 4.64. The third-order valence-corrected chi connectivity index (χ3v) is 6.30. The molecule has 2 amide bonds. The van der Waals surface area contributed by atoms with Gasteiger partial charge in [0.1, 0.15) is 0 Å². The maximum Gasteiger partial charge on any atom is 0.253 e. The largest absolute Gasteiger partial charge is 0.341 e. The van der Waals surface area contributed by atoms with Gasteiger partial charge in [-0.2, -0.15) is 0 Å². The fraction of sp³-hybridized carbons (Fsp3) is 0.619. The van der Waals surface area contributed by atoms with E-state index < -0.39 is 0 Å². The molecule has 1 aromatic rings. The number of piperazine rings is 1. The van der Waals surface area contributed by atoms with Crippen molar-refractivity contribution >= 4 is 11.8 Å². The lowest BCUT2D eigenvalue weighted by Crippen LogP contribution is -2.50. The first-order valence-corrected chi connectivity index (χ1v) is 10.3. The quantitative estimate of drug-likeness (QED) is 0.864. The molecule has 27 heavy (non-hydrogen) atoms. The molecule has 1 aromatic carbocycles. The van der Waals surface area contributed by atoms with Crippen LogP contribution in [0.1, 0.15) is 29.6 Å². The topological polar surface area (TPSA) is 55.9 Å². The highest BCUT2D eigenvalue weighted by Crippen LogP contribution is 2.24. The Labute approximate surface area is 161 Å². The van der Waals surface area contributed by atoms with Crippen LogP contribution < -0.4 is 5.32 Å². The second-order valence-corrected chi connectivity index (χ2v) is 7.95. The van der Waals surface area contributed by atoms with E-state index in [4.69, 9.17) is 0 Å². The zero-order valence-corrected chi connectivity index (χ0v) is 16.0. The van der Waals surface area contributed by atoms with Crippen LogP contribution in [0.15, 0.2) is 30.3 Å². The molecule has 146 valence electrons. The van der Waals surface area contributed by atoms with Crippen molar-refractivity contribution in [1.82, 2.24) is 20.0 Å². The summed E-state index contributed by atoms with van der Waals surface area (Å²) in [5.74, 6) is 0.465. The summed E-state index contributed by atoms with van der Waals surface area (Å²) in [5.41, 5.74) is 0.737. The Bertz CT molecular complexity index is 651. The molecule has 4 rings (SSSR count). The van der Waals surface area contributed by atoms with Crippen molar-refractivity contribution in [1.29, 1.82) is 0 Å². The molecule has 6 nitrogen and oxygen atoms in total. The molecule has 0 aromatic heterocycles. The van der Waals surface area contributed by atoms with E-state index in [1.54, 1.807) is 0 Å². The highest BCUT2D eigenvalue weighted by atomic mass is 16.2. The van der Waals surface area contributed by atoms with Gasteiger partial charge in [0.05, 0.1) is 0 Å². The van der Waals surface area contributed by atoms with E-state index >= 15 is 0 Å². The van der Waals surface area contributed by atoms with Gasteiger partial charge in [-0.05, 0) is 31.4 Å². The molecule has 1 unspecified atom stereocenters. The normalized spacial score (nSPS) is 25.0. The van der Waals surface area contributed by atoms with Crippen LogP contribution in [0.25, 0.3) is 0 Å². The van der Waals surface area contributed by atoms with Gasteiger partial charge in [-0.1, -0.05) is 18.2 Å². The standard InChI is InChI=1S/C21H30N4O2/c26-20(17-4-2-1-3-5-17)24-11-6-18(7-12-24)21(27)25-13-8-19(16-25)23-14-9-22-10-15-23/h1-5,18-19,22H,6-16H2. The molecule has 3 saturated heterocycles. The first-order valence-electron chi connectivity index (χ1n) is 10.3. The fourth-order valence-corrected chi connectivity index (χ4v) is 4.64. The number of hydrogen-bond donors (Lipinski definition) is 1. The average Bonchev–Trinajstić information content (AvgIpc) is 3.24. The summed E-state index contributed by atoms with van der Waals surface area (Å²) in [5, 5.41) is 3.39. The molecule has 0 radical (unpaired) electrons. The summed E-state index contributed by atoms with van der Waals surface area (Å²) in [4.78, 5) is 32.0. The van der Waals surface area contributed by atoms with Gasteiger partial charge in [-0.3, -0.25) is 14.5 Å². The van der Waals surface area contributed by atoms with E-state index in [-0.39, 0.29) is 11.8 Å². The minimum Gasteiger partial charge on any atom is -0.341 e. The van der Waals surface area contributed by atoms with Gasteiger partial charge in [-0.25, -0.2) is 0 Å². The number of likely N-dealkylation sites (tertiary alicyclic amines) is 2. The predicted octanol–water partition coefficient (Wildman–Crippen LogP) is 1.04. The summed E-state index contributed by atoms with van der Waals surface area (Å²) in [7, 11) is 0. The van der Waals surface area contributed by atoms with Crippen LogP contribution in [0, 0.1) is 5.92 Å². The van der Waals surface area contributed by atoms with Crippen molar-refractivity contribution in [3.8, 4) is 0 Å². The van der Waals surface area contributed by atoms with E-state index in [0.29, 0.717) is 25.0 Å². The summed E-state index contributed by atoms with van der Waals surface area (Å²) in [6.07, 6.45) is 2.66. The third kappa shape index (κ3) is 4.17. The second-order valence-electron chi connectivity index (χ2n) is 7.95. The second kappa shape index (κ2) is 8.40. The molecule has 6 heteroatoms. The molecule has 1 atom stereocenters. The van der Waals surface area contributed by atoms with Crippen LogP contribution in [0.2, 0.25) is 0 Å². The average molecular weight is 370 g/mol. The lowest BCUT2D eigenvalue weighted by atomic mass is 9.95. The molecular formula is C21H30N4O2. The number of carbonyl (C=O) groups is 2. The minimum atomic E-state index is 0.0756. The maximum absolute atomic E-state index is 13.0. The van der Waals surface area contributed by atoms with Gasteiger partial charge in [0.15, 0.2) is 0 Å². The zero-order chi connectivity index (χ0) is 18.6. The smallest absolute Gasteiger partial charge is 0.253 e. The number of amides is 2. The summed E-state index contributed by atoms with van der Waals surface area (Å²) < 4.78 is 0. The Hall–Kier alpha value is -1.92. The van der Waals surface area contributed by atoms with Crippen LogP contribution >= 0.6 is 0 Å². The Morgan fingerprint density at radius 2 is 1.52 bits per heavy atom. The number of rotatable bonds is 3. The predicted molar refractivity (Wildman–Crippen MR) is 104 cm³/mol. The van der Waals surface area contributed by atoms with E-state index in [9.17, 15) is 9.59 Å². The van der Waals surface area contributed by atoms with Crippen LogP contribution in [-0.2, 0) is 4.79 Å². The van der Waals surface area contributed by atoms with Gasteiger partial charge in [0, 0.05) is 69.9 Å². The molecule has 0 spiro atoms. The van der Waals surface area contributed by atoms with Crippen LogP contribution in [0.3, 0.4) is 0 Å². The number of carbonyl (C=O) groups excluding carboxylic acids is 2. The van der Waals surface area contributed by atoms with Crippen LogP contribution in [0.5, 0.6) is 0 Å². The van der Waals surface area contributed by atoms with Gasteiger partial charge >= 0.3 is 0 Å². The Morgan fingerprint density at radius 1 is 0.852 bits per heavy atom. The van der Waals surface area contributed by atoms with E-state index in [1.807, 2.05) is 35.2 Å². The van der Waals surface area contributed by atoms with Crippen molar-refractivity contribution in [2.75, 3.05) is 52.4 Å². The molecule has 3 aliphatic rings. The first kappa shape index (κ1) is 18.4. The lowest BCUT2D eigenvalue weighted by Gasteiger charge is -2.34. The van der Waals surface area contributed by atoms with E-state index in [2.05, 4.69) is 15.1 Å². The van der Waals surface area contributed by atoms with Gasteiger partial charge in [0.2, 0.25) is 5.91 Å². The number of hydrogen-bond acceptors (Lipinski definition) is 4. The highest BCUT2D eigenvalue weighted by molar-refractivity contribution is 5.94. The number of nitrogens with zero attached hydrogens (tertiary/aromatic N) is 3. The van der Waals surface area contributed by atoms with Crippen LogP contribution in [-0.4, -0.2) is 84.9 Å². The van der Waals surface area contributed by atoms with Gasteiger partial charge < -0.3 is 15.1 Å². The number of nitrogens with one attached hydrogen (secondary N) is 1. The van der Waals surface area contributed by atoms with Gasteiger partial charge in [0.25, 0.3) is 5.91 Å². The van der Waals surface area contributed by atoms with Gasteiger partial charge in [-0.15, -0.1) is 0 Å². The Morgan fingerprint density at radius 3 is 2.22 bits per heavy atom. The van der Waals surface area contributed by atoms with Crippen molar-refractivity contribution in [2.24, 2.45) is 5.92 Å². The molecule has 3 fully saturated rings. The SMILES string of the molecule is O=C(c1ccccc1)N1CCC(C(=O)N2CCC(N3CCNCC3)C2)CC1. The lowest BCUT2D eigenvalue weighted by molar-refractivity contribution is -0.136. The van der Waals surface area contributed by atoms with Crippen molar-refractivity contribution in [2.45, 2.75) is 25.3 Å². The highest BCUT2D eigenvalue weighted by Gasteiger charge is 2.35. The first-order chi connectivity index (χ1) is 13.2. The summed E-state index contributed by atoms with van der Waals surface area (Å²) >= 11 is 0. The molecule has 3 aliphatic heterocycles. The number of piperidine rings is 1.